The SMILES string of the molecule is CCNc1cc(C(F)F)nc2c(OC)cccc12. The molecule has 1 N–H and O–H groups in total. The Hall–Kier alpha value is -1.91. The van der Waals surface area contributed by atoms with Crippen molar-refractivity contribution in [2.45, 2.75) is 13.3 Å². The Morgan fingerprint density at radius 3 is 2.78 bits per heavy atom. The van der Waals surface area contributed by atoms with Crippen molar-refractivity contribution < 1.29 is 13.5 Å². The molecule has 0 unspecified atom stereocenters. The van der Waals surface area contributed by atoms with Crippen molar-refractivity contribution in [1.29, 1.82) is 0 Å². The summed E-state index contributed by atoms with van der Waals surface area (Å²) >= 11 is 0. The van der Waals surface area contributed by atoms with Gasteiger partial charge >= 0.3 is 0 Å². The van der Waals surface area contributed by atoms with Crippen LogP contribution in [0.1, 0.15) is 19.0 Å². The zero-order chi connectivity index (χ0) is 13.1. The molecule has 0 saturated heterocycles. The first kappa shape index (κ1) is 12.5. The summed E-state index contributed by atoms with van der Waals surface area (Å²) in [7, 11) is 1.50. The summed E-state index contributed by atoms with van der Waals surface area (Å²) in [6.07, 6.45) is -2.60. The number of ether oxygens (including phenoxy) is 1. The van der Waals surface area contributed by atoms with Gasteiger partial charge in [0.05, 0.1) is 7.11 Å². The molecule has 0 amide bonds. The Morgan fingerprint density at radius 2 is 2.17 bits per heavy atom. The Balaban J connectivity index is 2.72. The van der Waals surface area contributed by atoms with Crippen molar-refractivity contribution in [3.05, 3.63) is 30.0 Å². The highest BCUT2D eigenvalue weighted by Gasteiger charge is 2.15. The number of aromatic nitrogens is 1. The summed E-state index contributed by atoms with van der Waals surface area (Å²) in [6, 6.07) is 6.74. The number of nitrogens with one attached hydrogen (secondary N) is 1. The lowest BCUT2D eigenvalue weighted by Gasteiger charge is -2.12. The number of anilines is 1. The van der Waals surface area contributed by atoms with Gasteiger partial charge in [-0.1, -0.05) is 12.1 Å². The number of hydrogen-bond acceptors (Lipinski definition) is 3. The molecule has 1 aromatic carbocycles. The minimum atomic E-state index is -2.60. The van der Waals surface area contributed by atoms with Gasteiger partial charge in [-0.2, -0.15) is 0 Å². The number of benzene rings is 1. The first-order valence-electron chi connectivity index (χ1n) is 5.67. The summed E-state index contributed by atoms with van der Waals surface area (Å²) in [5.41, 5.74) is 0.855. The van der Waals surface area contributed by atoms with Crippen LogP contribution in [0.15, 0.2) is 24.3 Å². The minimum Gasteiger partial charge on any atom is -0.494 e. The van der Waals surface area contributed by atoms with E-state index in [0.29, 0.717) is 23.5 Å². The molecule has 0 aliphatic carbocycles. The Bertz CT molecular complexity index is 558. The first-order valence-corrected chi connectivity index (χ1v) is 5.67. The standard InChI is InChI=1S/C13H14F2N2O/c1-3-16-9-7-10(13(14)15)17-12-8(9)5-4-6-11(12)18-2/h4-7,13H,3H2,1-2H3,(H,16,17). The summed E-state index contributed by atoms with van der Waals surface area (Å²) in [5, 5.41) is 3.85. The molecule has 0 atom stereocenters. The fourth-order valence-corrected chi connectivity index (χ4v) is 1.86. The third-order valence-electron chi connectivity index (χ3n) is 2.63. The number of hydrogen-bond donors (Lipinski definition) is 1. The highest BCUT2D eigenvalue weighted by Crippen LogP contribution is 2.32. The van der Waals surface area contributed by atoms with E-state index >= 15 is 0 Å². The average molecular weight is 252 g/mol. The zero-order valence-corrected chi connectivity index (χ0v) is 10.2. The predicted octanol–water partition coefficient (Wildman–Crippen LogP) is 3.61. The average Bonchev–Trinajstić information content (AvgIpc) is 2.38. The normalized spacial score (nSPS) is 10.9. The monoisotopic (exact) mass is 252 g/mol. The van der Waals surface area contributed by atoms with Crippen LogP contribution in [0.3, 0.4) is 0 Å². The van der Waals surface area contributed by atoms with Crippen molar-refractivity contribution in [2.24, 2.45) is 0 Å². The molecule has 2 rings (SSSR count). The summed E-state index contributed by atoms with van der Waals surface area (Å²) in [6.45, 7) is 2.56. The van der Waals surface area contributed by atoms with E-state index in [1.54, 1.807) is 6.07 Å². The van der Waals surface area contributed by atoms with Crippen molar-refractivity contribution in [3.8, 4) is 5.75 Å². The maximum absolute atomic E-state index is 12.8. The van der Waals surface area contributed by atoms with Crippen molar-refractivity contribution in [3.63, 3.8) is 0 Å². The van der Waals surface area contributed by atoms with Crippen LogP contribution >= 0.6 is 0 Å². The van der Waals surface area contributed by atoms with Gasteiger partial charge in [-0.05, 0) is 19.1 Å². The smallest absolute Gasteiger partial charge is 0.280 e. The molecular weight excluding hydrogens is 238 g/mol. The van der Waals surface area contributed by atoms with Crippen LogP contribution in [0.2, 0.25) is 0 Å². The number of methoxy groups -OCH3 is 1. The minimum absolute atomic E-state index is 0.247. The Morgan fingerprint density at radius 1 is 1.39 bits per heavy atom. The molecule has 2 aromatic rings. The third kappa shape index (κ3) is 2.20. The molecular formula is C13H14F2N2O. The van der Waals surface area contributed by atoms with Gasteiger partial charge in [0.15, 0.2) is 0 Å². The number of pyridine rings is 1. The van der Waals surface area contributed by atoms with Gasteiger partial charge in [0.25, 0.3) is 6.43 Å². The topological polar surface area (TPSA) is 34.2 Å². The van der Waals surface area contributed by atoms with Crippen LogP contribution in [0, 0.1) is 0 Å². The number of para-hydroxylation sites is 1. The van der Waals surface area contributed by atoms with E-state index in [0.717, 1.165) is 5.39 Å². The zero-order valence-electron chi connectivity index (χ0n) is 10.2. The highest BCUT2D eigenvalue weighted by atomic mass is 19.3. The molecule has 3 nitrogen and oxygen atoms in total. The first-order chi connectivity index (χ1) is 8.67. The molecule has 0 bridgehead atoms. The second-order valence-electron chi connectivity index (χ2n) is 3.78. The fraction of sp³-hybridized carbons (Fsp3) is 0.308. The van der Waals surface area contributed by atoms with Gasteiger partial charge in [-0.3, -0.25) is 0 Å². The molecule has 18 heavy (non-hydrogen) atoms. The van der Waals surface area contributed by atoms with Crippen LogP contribution < -0.4 is 10.1 Å². The molecule has 1 aromatic heterocycles. The number of nitrogens with zero attached hydrogens (tertiary/aromatic N) is 1. The van der Waals surface area contributed by atoms with Crippen molar-refractivity contribution in [2.75, 3.05) is 19.0 Å². The third-order valence-corrected chi connectivity index (χ3v) is 2.63. The summed E-state index contributed by atoms with van der Waals surface area (Å²) < 4.78 is 30.8. The van der Waals surface area contributed by atoms with E-state index in [4.69, 9.17) is 4.74 Å². The predicted molar refractivity (Wildman–Crippen MR) is 67.4 cm³/mol. The Labute approximate surface area is 104 Å². The van der Waals surface area contributed by atoms with Crippen LogP contribution in [-0.2, 0) is 0 Å². The van der Waals surface area contributed by atoms with Gasteiger partial charge in [0.1, 0.15) is 17.0 Å². The van der Waals surface area contributed by atoms with Crippen LogP contribution in [0.25, 0.3) is 10.9 Å². The Kier molecular flexibility index (Phi) is 3.60. The molecule has 0 radical (unpaired) electrons. The quantitative estimate of drug-likeness (QED) is 0.902. The van der Waals surface area contributed by atoms with E-state index in [9.17, 15) is 8.78 Å². The van der Waals surface area contributed by atoms with Crippen LogP contribution in [0.4, 0.5) is 14.5 Å². The van der Waals surface area contributed by atoms with Gasteiger partial charge in [0, 0.05) is 17.6 Å². The molecule has 1 heterocycles. The van der Waals surface area contributed by atoms with E-state index < -0.39 is 6.43 Å². The number of alkyl halides is 2. The van der Waals surface area contributed by atoms with Gasteiger partial charge < -0.3 is 10.1 Å². The van der Waals surface area contributed by atoms with E-state index in [-0.39, 0.29) is 5.69 Å². The van der Waals surface area contributed by atoms with E-state index in [2.05, 4.69) is 10.3 Å². The van der Waals surface area contributed by atoms with E-state index in [1.165, 1.54) is 13.2 Å². The second kappa shape index (κ2) is 5.16. The molecule has 96 valence electrons. The van der Waals surface area contributed by atoms with Crippen LogP contribution in [0.5, 0.6) is 5.75 Å². The largest absolute Gasteiger partial charge is 0.494 e. The molecule has 0 aliphatic heterocycles. The van der Waals surface area contributed by atoms with Gasteiger partial charge in [0.2, 0.25) is 0 Å². The fourth-order valence-electron chi connectivity index (χ4n) is 1.86. The molecule has 5 heteroatoms. The van der Waals surface area contributed by atoms with Gasteiger partial charge in [-0.25, -0.2) is 13.8 Å². The second-order valence-corrected chi connectivity index (χ2v) is 3.78. The molecule has 0 spiro atoms. The maximum Gasteiger partial charge on any atom is 0.280 e. The summed E-state index contributed by atoms with van der Waals surface area (Å²) in [4.78, 5) is 3.97. The van der Waals surface area contributed by atoms with Crippen LogP contribution in [-0.4, -0.2) is 18.6 Å². The number of halogens is 2. The maximum atomic E-state index is 12.8. The molecule has 0 fully saturated rings. The van der Waals surface area contributed by atoms with Gasteiger partial charge in [-0.15, -0.1) is 0 Å². The lowest BCUT2D eigenvalue weighted by atomic mass is 10.1. The van der Waals surface area contributed by atoms with Crippen molar-refractivity contribution >= 4 is 16.6 Å². The molecule has 0 aliphatic rings. The summed E-state index contributed by atoms with van der Waals surface area (Å²) in [5.74, 6) is 0.495. The lowest BCUT2D eigenvalue weighted by molar-refractivity contribution is 0.146. The van der Waals surface area contributed by atoms with Crippen molar-refractivity contribution in [1.82, 2.24) is 4.98 Å². The van der Waals surface area contributed by atoms with E-state index in [1.807, 2.05) is 19.1 Å². The highest BCUT2D eigenvalue weighted by molar-refractivity contribution is 5.95. The number of rotatable bonds is 4. The number of fused-ring (bicyclic) bond motifs is 1. The lowest BCUT2D eigenvalue weighted by Crippen LogP contribution is -2.01. The molecule has 0 saturated carbocycles.